The van der Waals surface area contributed by atoms with Gasteiger partial charge in [0.15, 0.2) is 11.0 Å². The third-order valence-electron chi connectivity index (χ3n) is 4.79. The molecule has 1 heterocycles. The molecule has 6 heteroatoms. The lowest BCUT2D eigenvalue weighted by atomic mass is 10.1. The second-order valence-corrected chi connectivity index (χ2v) is 7.70. The van der Waals surface area contributed by atoms with E-state index in [1.165, 1.54) is 0 Å². The van der Waals surface area contributed by atoms with Crippen molar-refractivity contribution in [3.05, 3.63) is 89.5 Å². The van der Waals surface area contributed by atoms with E-state index in [0.29, 0.717) is 5.56 Å². The Morgan fingerprint density at radius 2 is 1.70 bits per heavy atom. The lowest BCUT2D eigenvalue weighted by molar-refractivity contribution is 0.415. The molecular formula is C24H20N4OS. The van der Waals surface area contributed by atoms with Gasteiger partial charge >= 0.3 is 0 Å². The van der Waals surface area contributed by atoms with E-state index < -0.39 is 0 Å². The van der Waals surface area contributed by atoms with Gasteiger partial charge < -0.3 is 4.74 Å². The third kappa shape index (κ3) is 4.07. The first-order valence-electron chi connectivity index (χ1n) is 9.47. The number of thioether (sulfide) groups is 1. The van der Waals surface area contributed by atoms with Crippen LogP contribution >= 0.6 is 11.8 Å². The summed E-state index contributed by atoms with van der Waals surface area (Å²) < 4.78 is 7.38. The zero-order valence-corrected chi connectivity index (χ0v) is 17.6. The van der Waals surface area contributed by atoms with E-state index >= 15 is 0 Å². The topological polar surface area (TPSA) is 63.7 Å². The van der Waals surface area contributed by atoms with Crippen molar-refractivity contribution < 1.29 is 4.74 Å². The molecular weight excluding hydrogens is 392 g/mol. The van der Waals surface area contributed by atoms with Crippen LogP contribution in [0.1, 0.15) is 16.7 Å². The molecule has 0 radical (unpaired) electrons. The summed E-state index contributed by atoms with van der Waals surface area (Å²) in [5.74, 6) is 2.32. The summed E-state index contributed by atoms with van der Waals surface area (Å²) in [5, 5.41) is 18.8. The van der Waals surface area contributed by atoms with Crippen LogP contribution in [-0.2, 0) is 5.75 Å². The summed E-state index contributed by atoms with van der Waals surface area (Å²) in [6, 6.07) is 25.8. The first-order valence-corrected chi connectivity index (χ1v) is 10.5. The SMILES string of the molecule is COc1ccc(-c2nnc(SCc3ccc(C#N)cc3)n2-c2ccccc2C)cc1. The van der Waals surface area contributed by atoms with E-state index in [1.807, 2.05) is 60.7 Å². The van der Waals surface area contributed by atoms with Crippen molar-refractivity contribution >= 4 is 11.8 Å². The standard InChI is InChI=1S/C24H20N4OS/c1-17-5-3-4-6-22(17)28-23(20-11-13-21(29-2)14-12-20)26-27-24(28)30-16-19-9-7-18(15-25)8-10-19/h3-14H,16H2,1-2H3. The highest BCUT2D eigenvalue weighted by Gasteiger charge is 2.17. The van der Waals surface area contributed by atoms with Crippen molar-refractivity contribution in [1.29, 1.82) is 5.26 Å². The molecule has 4 rings (SSSR count). The summed E-state index contributed by atoms with van der Waals surface area (Å²) in [4.78, 5) is 0. The predicted molar refractivity (Wildman–Crippen MR) is 119 cm³/mol. The van der Waals surface area contributed by atoms with Gasteiger partial charge in [0, 0.05) is 11.3 Å². The van der Waals surface area contributed by atoms with Gasteiger partial charge in [-0.1, -0.05) is 42.1 Å². The second-order valence-electron chi connectivity index (χ2n) is 6.75. The number of aryl methyl sites for hydroxylation is 1. The normalized spacial score (nSPS) is 10.6. The van der Waals surface area contributed by atoms with Crippen LogP contribution in [0.5, 0.6) is 5.75 Å². The predicted octanol–water partition coefficient (Wildman–Crippen LogP) is 5.42. The molecule has 0 amide bonds. The number of ether oxygens (including phenoxy) is 1. The maximum Gasteiger partial charge on any atom is 0.196 e. The van der Waals surface area contributed by atoms with Crippen LogP contribution in [0.25, 0.3) is 17.1 Å². The Balaban J connectivity index is 1.72. The number of hydrogen-bond acceptors (Lipinski definition) is 5. The van der Waals surface area contributed by atoms with Gasteiger partial charge in [-0.05, 0) is 60.5 Å². The van der Waals surface area contributed by atoms with Crippen LogP contribution in [0.3, 0.4) is 0 Å². The van der Waals surface area contributed by atoms with Crippen LogP contribution in [0, 0.1) is 18.3 Å². The number of hydrogen-bond donors (Lipinski definition) is 0. The molecule has 5 nitrogen and oxygen atoms in total. The Kier molecular flexibility index (Phi) is 5.82. The van der Waals surface area contributed by atoms with Gasteiger partial charge in [0.25, 0.3) is 0 Å². The number of para-hydroxylation sites is 1. The summed E-state index contributed by atoms with van der Waals surface area (Å²) in [5.41, 5.74) is 4.96. The Hall–Kier alpha value is -3.56. The molecule has 0 saturated carbocycles. The van der Waals surface area contributed by atoms with Crippen molar-refractivity contribution in [1.82, 2.24) is 14.8 Å². The monoisotopic (exact) mass is 412 g/mol. The fourth-order valence-corrected chi connectivity index (χ4v) is 4.05. The minimum atomic E-state index is 0.661. The summed E-state index contributed by atoms with van der Waals surface area (Å²) in [6.07, 6.45) is 0. The zero-order valence-electron chi connectivity index (χ0n) is 16.7. The average molecular weight is 413 g/mol. The average Bonchev–Trinajstić information content (AvgIpc) is 3.22. The van der Waals surface area contributed by atoms with Gasteiger partial charge in [0.1, 0.15) is 5.75 Å². The molecule has 3 aromatic carbocycles. The van der Waals surface area contributed by atoms with Crippen LogP contribution in [-0.4, -0.2) is 21.9 Å². The molecule has 0 aliphatic rings. The maximum absolute atomic E-state index is 8.98. The molecule has 148 valence electrons. The highest BCUT2D eigenvalue weighted by atomic mass is 32.2. The molecule has 0 fully saturated rings. The van der Waals surface area contributed by atoms with Crippen molar-refractivity contribution in [2.24, 2.45) is 0 Å². The zero-order chi connectivity index (χ0) is 20.9. The molecule has 0 aliphatic carbocycles. The molecule has 0 saturated heterocycles. The van der Waals surface area contributed by atoms with Crippen molar-refractivity contribution in [3.8, 4) is 28.9 Å². The second kappa shape index (κ2) is 8.85. The smallest absolute Gasteiger partial charge is 0.196 e. The Morgan fingerprint density at radius 1 is 0.967 bits per heavy atom. The lowest BCUT2D eigenvalue weighted by Crippen LogP contribution is -2.02. The lowest BCUT2D eigenvalue weighted by Gasteiger charge is -2.13. The van der Waals surface area contributed by atoms with E-state index in [9.17, 15) is 0 Å². The van der Waals surface area contributed by atoms with Crippen LogP contribution in [0.2, 0.25) is 0 Å². The van der Waals surface area contributed by atoms with E-state index in [2.05, 4.69) is 39.9 Å². The molecule has 0 aliphatic heterocycles. The Bertz CT molecular complexity index is 1190. The van der Waals surface area contributed by atoms with E-state index in [1.54, 1.807) is 18.9 Å². The molecule has 0 spiro atoms. The first-order chi connectivity index (χ1) is 14.7. The number of nitrogens with zero attached hydrogens (tertiary/aromatic N) is 4. The Labute approximate surface area is 180 Å². The van der Waals surface area contributed by atoms with Gasteiger partial charge in [0.2, 0.25) is 0 Å². The summed E-state index contributed by atoms with van der Waals surface area (Å²) >= 11 is 1.62. The van der Waals surface area contributed by atoms with Crippen molar-refractivity contribution in [3.63, 3.8) is 0 Å². The number of aromatic nitrogens is 3. The molecule has 0 N–H and O–H groups in total. The highest BCUT2D eigenvalue weighted by molar-refractivity contribution is 7.98. The van der Waals surface area contributed by atoms with Crippen molar-refractivity contribution in [2.45, 2.75) is 17.8 Å². The molecule has 30 heavy (non-hydrogen) atoms. The number of nitriles is 1. The molecule has 1 aromatic heterocycles. The molecule has 0 atom stereocenters. The number of benzene rings is 3. The van der Waals surface area contributed by atoms with Gasteiger partial charge in [-0.15, -0.1) is 10.2 Å². The maximum atomic E-state index is 8.98. The van der Waals surface area contributed by atoms with E-state index in [4.69, 9.17) is 10.00 Å². The van der Waals surface area contributed by atoms with Gasteiger partial charge in [-0.25, -0.2) is 0 Å². The van der Waals surface area contributed by atoms with Crippen LogP contribution in [0.4, 0.5) is 0 Å². The fraction of sp³-hybridized carbons (Fsp3) is 0.125. The molecule has 0 unspecified atom stereocenters. The largest absolute Gasteiger partial charge is 0.497 e. The fourth-order valence-electron chi connectivity index (χ4n) is 3.15. The quantitative estimate of drug-likeness (QED) is 0.396. The van der Waals surface area contributed by atoms with E-state index in [-0.39, 0.29) is 0 Å². The Morgan fingerprint density at radius 3 is 2.37 bits per heavy atom. The number of methoxy groups -OCH3 is 1. The molecule has 4 aromatic rings. The first kappa shape index (κ1) is 19.7. The summed E-state index contributed by atoms with van der Waals surface area (Å²) in [7, 11) is 1.66. The van der Waals surface area contributed by atoms with Gasteiger partial charge in [-0.3, -0.25) is 4.57 Å². The third-order valence-corrected chi connectivity index (χ3v) is 5.79. The minimum absolute atomic E-state index is 0.661. The van der Waals surface area contributed by atoms with E-state index in [0.717, 1.165) is 44.9 Å². The van der Waals surface area contributed by atoms with Gasteiger partial charge in [-0.2, -0.15) is 5.26 Å². The van der Waals surface area contributed by atoms with Crippen LogP contribution in [0.15, 0.2) is 78.0 Å². The highest BCUT2D eigenvalue weighted by Crippen LogP contribution is 2.31. The number of rotatable bonds is 6. The minimum Gasteiger partial charge on any atom is -0.497 e. The molecule has 0 bridgehead atoms. The summed E-state index contributed by atoms with van der Waals surface area (Å²) in [6.45, 7) is 2.09. The van der Waals surface area contributed by atoms with Gasteiger partial charge in [0.05, 0.1) is 24.4 Å². The van der Waals surface area contributed by atoms with Crippen LogP contribution < -0.4 is 4.74 Å². The van der Waals surface area contributed by atoms with Crippen molar-refractivity contribution in [2.75, 3.05) is 7.11 Å².